The van der Waals surface area contributed by atoms with Gasteiger partial charge in [0, 0.05) is 35.8 Å². The molecule has 0 fully saturated rings. The molecule has 1 amide bonds. The Kier molecular flexibility index (Phi) is 4.65. The van der Waals surface area contributed by atoms with E-state index >= 15 is 0 Å². The molecule has 0 spiro atoms. The molecule has 1 aromatic heterocycles. The molecule has 0 atom stereocenters. The van der Waals surface area contributed by atoms with Crippen LogP contribution >= 0.6 is 0 Å². The van der Waals surface area contributed by atoms with Gasteiger partial charge in [-0.05, 0) is 36.8 Å². The monoisotopic (exact) mass is 338 g/mol. The topological polar surface area (TPSA) is 52.5 Å². The Hall–Kier alpha value is -2.95. The number of methoxy groups -OCH3 is 2. The smallest absolute Gasteiger partial charge is 0.251 e. The summed E-state index contributed by atoms with van der Waals surface area (Å²) in [6, 6.07) is 13.4. The number of rotatable bonds is 5. The number of benzene rings is 2. The van der Waals surface area contributed by atoms with Crippen LogP contribution in [0.5, 0.6) is 11.5 Å². The lowest BCUT2D eigenvalue weighted by Gasteiger charge is -2.10. The van der Waals surface area contributed by atoms with Crippen molar-refractivity contribution in [3.8, 4) is 11.5 Å². The molecule has 0 aliphatic carbocycles. The molecule has 0 aliphatic rings. The summed E-state index contributed by atoms with van der Waals surface area (Å²) in [5.41, 5.74) is 3.98. The Bertz CT molecular complexity index is 928. The van der Waals surface area contributed by atoms with E-state index in [0.29, 0.717) is 23.6 Å². The van der Waals surface area contributed by atoms with Gasteiger partial charge in [-0.3, -0.25) is 4.79 Å². The zero-order valence-electron chi connectivity index (χ0n) is 14.9. The summed E-state index contributed by atoms with van der Waals surface area (Å²) in [5, 5.41) is 4.16. The first-order valence-corrected chi connectivity index (χ1v) is 8.10. The Morgan fingerprint density at radius 3 is 2.52 bits per heavy atom. The van der Waals surface area contributed by atoms with Gasteiger partial charge in [-0.15, -0.1) is 0 Å². The number of hydrogen-bond donors (Lipinski definition) is 1. The Morgan fingerprint density at radius 2 is 1.80 bits per heavy atom. The van der Waals surface area contributed by atoms with Crippen molar-refractivity contribution >= 4 is 16.8 Å². The summed E-state index contributed by atoms with van der Waals surface area (Å²) in [4.78, 5) is 12.5. The molecule has 0 bridgehead atoms. The molecular weight excluding hydrogens is 316 g/mol. The predicted molar refractivity (Wildman–Crippen MR) is 98.4 cm³/mol. The van der Waals surface area contributed by atoms with Gasteiger partial charge in [0.1, 0.15) is 0 Å². The number of nitrogens with zero attached hydrogens (tertiary/aromatic N) is 1. The van der Waals surface area contributed by atoms with Crippen LogP contribution in [-0.4, -0.2) is 24.7 Å². The minimum atomic E-state index is -0.145. The molecule has 25 heavy (non-hydrogen) atoms. The summed E-state index contributed by atoms with van der Waals surface area (Å²) < 4.78 is 12.6. The van der Waals surface area contributed by atoms with E-state index < -0.39 is 0 Å². The normalized spacial score (nSPS) is 10.7. The van der Waals surface area contributed by atoms with E-state index in [2.05, 4.69) is 28.9 Å². The molecule has 0 radical (unpaired) electrons. The number of hydrogen-bond acceptors (Lipinski definition) is 3. The Morgan fingerprint density at radius 1 is 1.08 bits per heavy atom. The van der Waals surface area contributed by atoms with Crippen LogP contribution in [0.4, 0.5) is 0 Å². The van der Waals surface area contributed by atoms with Crippen LogP contribution in [-0.2, 0) is 13.6 Å². The number of fused-ring (bicyclic) bond motifs is 1. The standard InChI is InChI=1S/C20H22N2O3/c1-13-16(15-7-5-6-8-17(15)22(13)2)12-21-20(23)14-9-10-18(24-3)19(11-14)25-4/h5-11H,12H2,1-4H3,(H,21,23). The molecule has 130 valence electrons. The number of carbonyl (C=O) groups excluding carboxylic acids is 1. The quantitative estimate of drug-likeness (QED) is 0.775. The average molecular weight is 338 g/mol. The maximum Gasteiger partial charge on any atom is 0.251 e. The van der Waals surface area contributed by atoms with Crippen molar-refractivity contribution in [2.75, 3.05) is 14.2 Å². The Labute approximate surface area is 147 Å². The van der Waals surface area contributed by atoms with E-state index in [0.717, 1.165) is 22.2 Å². The SMILES string of the molecule is COc1ccc(C(=O)NCc2c(C)n(C)c3ccccc23)cc1OC. The van der Waals surface area contributed by atoms with Crippen LogP contribution in [0.1, 0.15) is 21.6 Å². The van der Waals surface area contributed by atoms with Gasteiger partial charge in [-0.2, -0.15) is 0 Å². The van der Waals surface area contributed by atoms with Gasteiger partial charge in [-0.1, -0.05) is 18.2 Å². The van der Waals surface area contributed by atoms with Crippen LogP contribution in [0.2, 0.25) is 0 Å². The molecule has 1 N–H and O–H groups in total. The molecule has 2 aromatic carbocycles. The van der Waals surface area contributed by atoms with Gasteiger partial charge in [-0.25, -0.2) is 0 Å². The van der Waals surface area contributed by atoms with Gasteiger partial charge >= 0.3 is 0 Å². The van der Waals surface area contributed by atoms with E-state index in [1.165, 1.54) is 0 Å². The first-order chi connectivity index (χ1) is 12.1. The van der Waals surface area contributed by atoms with E-state index in [1.54, 1.807) is 32.4 Å². The summed E-state index contributed by atoms with van der Waals surface area (Å²) in [7, 11) is 5.16. The summed E-state index contributed by atoms with van der Waals surface area (Å²) in [5.74, 6) is 0.994. The lowest BCUT2D eigenvalue weighted by atomic mass is 10.1. The van der Waals surface area contributed by atoms with Crippen LogP contribution in [0, 0.1) is 6.92 Å². The van der Waals surface area contributed by atoms with Crippen molar-refractivity contribution in [2.45, 2.75) is 13.5 Å². The predicted octanol–water partition coefficient (Wildman–Crippen LogP) is 3.43. The number of ether oxygens (including phenoxy) is 2. The first kappa shape index (κ1) is 16.9. The fraction of sp³-hybridized carbons (Fsp3) is 0.250. The number of aromatic nitrogens is 1. The van der Waals surface area contributed by atoms with Crippen LogP contribution < -0.4 is 14.8 Å². The van der Waals surface area contributed by atoms with Crippen LogP contribution in [0.3, 0.4) is 0 Å². The third-order valence-corrected chi connectivity index (χ3v) is 4.60. The maximum absolute atomic E-state index is 12.5. The molecular formula is C20H22N2O3. The highest BCUT2D eigenvalue weighted by atomic mass is 16.5. The second-order valence-corrected chi connectivity index (χ2v) is 5.89. The molecule has 0 unspecified atom stereocenters. The van der Waals surface area contributed by atoms with Crippen molar-refractivity contribution in [3.63, 3.8) is 0 Å². The van der Waals surface area contributed by atoms with Crippen molar-refractivity contribution in [1.82, 2.24) is 9.88 Å². The summed E-state index contributed by atoms with van der Waals surface area (Å²) >= 11 is 0. The first-order valence-electron chi connectivity index (χ1n) is 8.10. The second-order valence-electron chi connectivity index (χ2n) is 5.89. The van der Waals surface area contributed by atoms with E-state index in [-0.39, 0.29) is 5.91 Å². The van der Waals surface area contributed by atoms with Crippen molar-refractivity contribution in [1.29, 1.82) is 0 Å². The third-order valence-electron chi connectivity index (χ3n) is 4.60. The summed E-state index contributed by atoms with van der Waals surface area (Å²) in [6.45, 7) is 2.54. The fourth-order valence-electron chi connectivity index (χ4n) is 3.07. The lowest BCUT2D eigenvalue weighted by Crippen LogP contribution is -2.23. The van der Waals surface area contributed by atoms with E-state index in [4.69, 9.17) is 9.47 Å². The second kappa shape index (κ2) is 6.89. The summed E-state index contributed by atoms with van der Waals surface area (Å²) in [6.07, 6.45) is 0. The molecule has 5 nitrogen and oxygen atoms in total. The maximum atomic E-state index is 12.5. The number of amides is 1. The van der Waals surface area contributed by atoms with Crippen molar-refractivity contribution < 1.29 is 14.3 Å². The van der Waals surface area contributed by atoms with E-state index in [1.807, 2.05) is 19.2 Å². The highest BCUT2D eigenvalue weighted by molar-refractivity contribution is 5.95. The van der Waals surface area contributed by atoms with Crippen LogP contribution in [0.15, 0.2) is 42.5 Å². The minimum Gasteiger partial charge on any atom is -0.493 e. The zero-order chi connectivity index (χ0) is 18.0. The van der Waals surface area contributed by atoms with Gasteiger partial charge < -0.3 is 19.4 Å². The van der Waals surface area contributed by atoms with Crippen molar-refractivity contribution in [3.05, 3.63) is 59.3 Å². The van der Waals surface area contributed by atoms with Gasteiger partial charge in [0.05, 0.1) is 14.2 Å². The average Bonchev–Trinajstić information content (AvgIpc) is 2.90. The molecule has 0 saturated heterocycles. The Balaban J connectivity index is 1.83. The lowest BCUT2D eigenvalue weighted by molar-refractivity contribution is 0.0950. The third kappa shape index (κ3) is 3.05. The molecule has 1 heterocycles. The molecule has 3 aromatic rings. The van der Waals surface area contributed by atoms with Crippen LogP contribution in [0.25, 0.3) is 10.9 Å². The highest BCUT2D eigenvalue weighted by Gasteiger charge is 2.14. The molecule has 5 heteroatoms. The number of para-hydroxylation sites is 1. The van der Waals surface area contributed by atoms with Gasteiger partial charge in [0.25, 0.3) is 5.91 Å². The molecule has 0 saturated carbocycles. The van der Waals surface area contributed by atoms with Gasteiger partial charge in [0.2, 0.25) is 0 Å². The largest absolute Gasteiger partial charge is 0.493 e. The van der Waals surface area contributed by atoms with Crippen molar-refractivity contribution in [2.24, 2.45) is 7.05 Å². The van der Waals surface area contributed by atoms with E-state index in [9.17, 15) is 4.79 Å². The molecule has 0 aliphatic heterocycles. The van der Waals surface area contributed by atoms with Gasteiger partial charge in [0.15, 0.2) is 11.5 Å². The fourth-order valence-corrected chi connectivity index (χ4v) is 3.07. The minimum absolute atomic E-state index is 0.145. The molecule has 3 rings (SSSR count). The highest BCUT2D eigenvalue weighted by Crippen LogP contribution is 2.28. The number of aryl methyl sites for hydroxylation is 1. The number of carbonyl (C=O) groups is 1. The zero-order valence-corrected chi connectivity index (χ0v) is 14.9. The number of nitrogens with one attached hydrogen (secondary N) is 1.